The van der Waals surface area contributed by atoms with Gasteiger partial charge in [0.1, 0.15) is 5.54 Å². The van der Waals surface area contributed by atoms with Crippen molar-refractivity contribution in [1.82, 2.24) is 5.32 Å². The van der Waals surface area contributed by atoms with Crippen LogP contribution in [-0.4, -0.2) is 37.2 Å². The van der Waals surface area contributed by atoms with Crippen LogP contribution >= 0.6 is 0 Å². The average Bonchev–Trinajstić information content (AvgIpc) is 3.58. The molecule has 3 aliphatic heterocycles. The molecular weight excluding hydrogens is 472 g/mol. The minimum atomic E-state index is -1.44. The molecule has 2 saturated heterocycles. The van der Waals surface area contributed by atoms with Gasteiger partial charge in [-0.05, 0) is 35.7 Å². The Kier molecular flexibility index (Phi) is 5.49. The van der Waals surface area contributed by atoms with Crippen LogP contribution in [0.4, 0.5) is 5.69 Å². The molecule has 1 N–H and O–H groups in total. The second-order valence-corrected chi connectivity index (χ2v) is 9.66. The topological polar surface area (TPSA) is 94.2 Å². The highest BCUT2D eigenvalue weighted by Crippen LogP contribution is 2.52. The van der Waals surface area contributed by atoms with E-state index in [1.54, 1.807) is 18.2 Å². The van der Waals surface area contributed by atoms with E-state index in [-0.39, 0.29) is 19.1 Å². The van der Waals surface area contributed by atoms with Gasteiger partial charge in [0.15, 0.2) is 11.5 Å². The number of aryl methyl sites for hydroxylation is 1. The molecule has 0 radical (unpaired) electrons. The Morgan fingerprint density at radius 3 is 2.49 bits per heavy atom. The maximum Gasteiger partial charge on any atom is 0.327 e. The molecule has 8 nitrogen and oxygen atoms in total. The number of carbonyl (C=O) groups is 3. The second-order valence-electron chi connectivity index (χ2n) is 9.66. The predicted octanol–water partition coefficient (Wildman–Crippen LogP) is 3.33. The van der Waals surface area contributed by atoms with Crippen molar-refractivity contribution in [2.75, 3.05) is 18.8 Å². The molecule has 37 heavy (non-hydrogen) atoms. The number of imide groups is 1. The van der Waals surface area contributed by atoms with Gasteiger partial charge >= 0.3 is 5.97 Å². The summed E-state index contributed by atoms with van der Waals surface area (Å²) >= 11 is 0. The van der Waals surface area contributed by atoms with Crippen LogP contribution in [0.5, 0.6) is 11.5 Å². The molecule has 3 aromatic carbocycles. The van der Waals surface area contributed by atoms with E-state index in [2.05, 4.69) is 5.32 Å². The number of nitrogens with zero attached hydrogens (tertiary/aromatic N) is 1. The van der Waals surface area contributed by atoms with Crippen LogP contribution in [0.2, 0.25) is 0 Å². The van der Waals surface area contributed by atoms with Crippen LogP contribution in [0.25, 0.3) is 0 Å². The van der Waals surface area contributed by atoms with Crippen molar-refractivity contribution in [1.29, 1.82) is 0 Å². The molecule has 0 unspecified atom stereocenters. The largest absolute Gasteiger partial charge is 0.468 e. The maximum atomic E-state index is 14.2. The highest BCUT2D eigenvalue weighted by atomic mass is 16.7. The number of benzene rings is 3. The van der Waals surface area contributed by atoms with Gasteiger partial charge in [-0.2, -0.15) is 0 Å². The highest BCUT2D eigenvalue weighted by molar-refractivity contribution is 6.24. The first-order chi connectivity index (χ1) is 17.9. The summed E-state index contributed by atoms with van der Waals surface area (Å²) in [5, 5.41) is 3.45. The fraction of sp³-hybridized carbons (Fsp3) is 0.276. The molecule has 8 heteroatoms. The third-order valence-electron chi connectivity index (χ3n) is 7.67. The molecule has 188 valence electrons. The van der Waals surface area contributed by atoms with Crippen LogP contribution in [-0.2, 0) is 25.5 Å². The summed E-state index contributed by atoms with van der Waals surface area (Å²) < 4.78 is 16.2. The van der Waals surface area contributed by atoms with E-state index in [0.29, 0.717) is 17.2 Å². The summed E-state index contributed by atoms with van der Waals surface area (Å²) in [7, 11) is 1.31. The van der Waals surface area contributed by atoms with Crippen molar-refractivity contribution in [3.05, 3.63) is 89.5 Å². The van der Waals surface area contributed by atoms with Gasteiger partial charge in [-0.1, -0.05) is 54.6 Å². The van der Waals surface area contributed by atoms with E-state index in [4.69, 9.17) is 14.2 Å². The van der Waals surface area contributed by atoms with Gasteiger partial charge in [0.2, 0.25) is 18.6 Å². The molecule has 0 spiro atoms. The summed E-state index contributed by atoms with van der Waals surface area (Å²) in [6.45, 7) is 2.03. The van der Waals surface area contributed by atoms with Crippen LogP contribution in [0, 0.1) is 18.8 Å². The minimum absolute atomic E-state index is 0.0771. The van der Waals surface area contributed by atoms with Gasteiger partial charge in [0, 0.05) is 18.5 Å². The van der Waals surface area contributed by atoms with Crippen molar-refractivity contribution in [3.63, 3.8) is 0 Å². The summed E-state index contributed by atoms with van der Waals surface area (Å²) in [6, 6.07) is 21.6. The first-order valence-electron chi connectivity index (χ1n) is 12.2. The van der Waals surface area contributed by atoms with E-state index in [1.807, 2.05) is 61.5 Å². The fourth-order valence-electron chi connectivity index (χ4n) is 6.01. The van der Waals surface area contributed by atoms with Crippen LogP contribution in [0.15, 0.2) is 72.8 Å². The van der Waals surface area contributed by atoms with E-state index in [1.165, 1.54) is 12.0 Å². The predicted molar refractivity (Wildman–Crippen MR) is 134 cm³/mol. The lowest BCUT2D eigenvalue weighted by Gasteiger charge is -2.33. The number of hydrogen-bond donors (Lipinski definition) is 1. The Morgan fingerprint density at radius 2 is 1.73 bits per heavy atom. The van der Waals surface area contributed by atoms with Crippen molar-refractivity contribution in [3.8, 4) is 11.5 Å². The molecule has 3 aromatic rings. The van der Waals surface area contributed by atoms with Crippen molar-refractivity contribution in [2.24, 2.45) is 11.8 Å². The zero-order chi connectivity index (χ0) is 25.7. The van der Waals surface area contributed by atoms with Crippen molar-refractivity contribution in [2.45, 2.75) is 24.9 Å². The monoisotopic (exact) mass is 498 g/mol. The third kappa shape index (κ3) is 3.51. The second kappa shape index (κ2) is 8.74. The van der Waals surface area contributed by atoms with E-state index in [0.717, 1.165) is 16.7 Å². The number of anilines is 1. The molecule has 3 aliphatic rings. The molecule has 0 saturated carbocycles. The number of hydrogen-bond acceptors (Lipinski definition) is 7. The first-order valence-corrected chi connectivity index (χ1v) is 12.2. The lowest BCUT2D eigenvalue weighted by Crippen LogP contribution is -2.57. The van der Waals surface area contributed by atoms with Crippen molar-refractivity contribution < 1.29 is 28.6 Å². The number of amides is 2. The number of rotatable bonds is 5. The highest BCUT2D eigenvalue weighted by Gasteiger charge is 2.69. The smallest absolute Gasteiger partial charge is 0.327 e. The molecule has 2 amide bonds. The standard InChI is InChI=1S/C29H26N2O6/c1-17-8-6-7-11-20(17)25-23-24(29(30-25,28(34)35-2)15-18-9-4-3-5-10-18)27(33)31(26(23)32)19-12-13-21-22(14-19)37-16-36-21/h3-14,23-25,30H,15-16H2,1-2H3/t23-,24-,25-,29-/m0/s1. The molecule has 3 heterocycles. The van der Waals surface area contributed by atoms with Crippen molar-refractivity contribution >= 4 is 23.5 Å². The molecule has 4 atom stereocenters. The average molecular weight is 499 g/mol. The van der Waals surface area contributed by atoms with Gasteiger partial charge in [0.05, 0.1) is 24.6 Å². The van der Waals surface area contributed by atoms with Crippen LogP contribution in [0.3, 0.4) is 0 Å². The number of ether oxygens (including phenoxy) is 3. The fourth-order valence-corrected chi connectivity index (χ4v) is 6.01. The van der Waals surface area contributed by atoms with Gasteiger partial charge in [0.25, 0.3) is 0 Å². The number of nitrogens with one attached hydrogen (secondary N) is 1. The molecular formula is C29H26N2O6. The van der Waals surface area contributed by atoms with Gasteiger partial charge in [-0.3, -0.25) is 19.7 Å². The Bertz CT molecular complexity index is 1410. The van der Waals surface area contributed by atoms with Gasteiger partial charge < -0.3 is 14.2 Å². The van der Waals surface area contributed by atoms with Gasteiger partial charge in [-0.25, -0.2) is 4.90 Å². The SMILES string of the molecule is COC(=O)[C@@]1(Cc2ccccc2)N[C@@H](c2ccccc2C)[C@H]2C(=O)N(c3ccc4c(c3)OCO4)C(=O)[C@H]21. The van der Waals surface area contributed by atoms with Gasteiger partial charge in [-0.15, -0.1) is 0 Å². The van der Waals surface area contributed by atoms with E-state index in [9.17, 15) is 14.4 Å². The quantitative estimate of drug-likeness (QED) is 0.426. The Balaban J connectivity index is 1.51. The number of fused-ring (bicyclic) bond motifs is 2. The summed E-state index contributed by atoms with van der Waals surface area (Å²) in [4.78, 5) is 43.0. The van der Waals surface area contributed by atoms with Crippen LogP contribution in [0.1, 0.15) is 22.7 Å². The Labute approximate surface area is 214 Å². The molecule has 0 aliphatic carbocycles. The first kappa shape index (κ1) is 23.2. The molecule has 6 rings (SSSR count). The summed E-state index contributed by atoms with van der Waals surface area (Å²) in [6.07, 6.45) is 0.193. The maximum absolute atomic E-state index is 14.2. The normalized spacial score (nSPS) is 25.9. The minimum Gasteiger partial charge on any atom is -0.468 e. The Hall–Kier alpha value is -4.17. The molecule has 0 aromatic heterocycles. The third-order valence-corrected chi connectivity index (χ3v) is 7.67. The number of carbonyl (C=O) groups excluding carboxylic acids is 3. The van der Waals surface area contributed by atoms with Crippen LogP contribution < -0.4 is 19.7 Å². The Morgan fingerprint density at radius 1 is 1.00 bits per heavy atom. The number of esters is 1. The molecule has 2 fully saturated rings. The summed E-state index contributed by atoms with van der Waals surface area (Å²) in [5.74, 6) is -2.14. The zero-order valence-electron chi connectivity index (χ0n) is 20.5. The van der Waals surface area contributed by atoms with E-state index < -0.39 is 35.3 Å². The van der Waals surface area contributed by atoms with E-state index >= 15 is 0 Å². The molecule has 0 bridgehead atoms. The lowest BCUT2D eigenvalue weighted by atomic mass is 9.76. The number of methoxy groups -OCH3 is 1. The summed E-state index contributed by atoms with van der Waals surface area (Å²) in [5.41, 5.74) is 1.62. The zero-order valence-corrected chi connectivity index (χ0v) is 20.5. The lowest BCUT2D eigenvalue weighted by molar-refractivity contribution is -0.152.